The number of thiocarbonyl (C=S) groups is 1. The molecule has 1 atom stereocenters. The monoisotopic (exact) mass is 652 g/mol. The minimum atomic E-state index is -0.646. The molecule has 0 aromatic heterocycles. The van der Waals surface area contributed by atoms with Gasteiger partial charge in [-0.2, -0.15) is 5.10 Å². The zero-order chi connectivity index (χ0) is 29.2. The lowest BCUT2D eigenvalue weighted by Gasteiger charge is -2.30. The Morgan fingerprint density at radius 3 is 2.65 bits per heavy atom. The third-order valence-corrected chi connectivity index (χ3v) is 6.43. The molecule has 0 fully saturated rings. The molecule has 1 heterocycles. The molecule has 3 N–H and O–H groups in total. The van der Waals surface area contributed by atoms with Crippen molar-refractivity contribution in [2.75, 3.05) is 26.9 Å². The first-order chi connectivity index (χ1) is 19.1. The van der Waals surface area contributed by atoms with Gasteiger partial charge in [0.25, 0.3) is 5.91 Å². The largest absolute Gasteiger partial charge is 0.483 e. The number of hydrogen-bond donors (Lipinski definition) is 3. The van der Waals surface area contributed by atoms with Crippen molar-refractivity contribution in [2.45, 2.75) is 19.9 Å². The molecule has 2 aromatic rings. The Balaban J connectivity index is 1.66. The van der Waals surface area contributed by atoms with Crippen molar-refractivity contribution in [3.05, 3.63) is 68.3 Å². The topological polar surface area (TPSA) is 137 Å². The lowest BCUT2D eigenvalue weighted by atomic mass is 9.95. The summed E-state index contributed by atoms with van der Waals surface area (Å²) < 4.78 is 21.4. The number of para-hydroxylation sites is 1. The van der Waals surface area contributed by atoms with Crippen molar-refractivity contribution in [1.29, 1.82) is 0 Å². The number of hydrazone groups is 1. The molecule has 0 radical (unpaired) electrons. The van der Waals surface area contributed by atoms with Crippen molar-refractivity contribution in [2.24, 2.45) is 5.10 Å². The van der Waals surface area contributed by atoms with Crippen LogP contribution < -0.4 is 25.5 Å². The second-order valence-electron chi connectivity index (χ2n) is 8.09. The van der Waals surface area contributed by atoms with E-state index in [9.17, 15) is 14.4 Å². The van der Waals surface area contributed by atoms with E-state index in [4.69, 9.17) is 38.0 Å². The Morgan fingerprint density at radius 1 is 1.20 bits per heavy atom. The summed E-state index contributed by atoms with van der Waals surface area (Å²) in [5.74, 6) is -0.940. The standard InChI is InChI=1S/C26H26BrClN4O7S/c1-4-37-25(35)22-14(2)30-26(40)31-23(22)16-7-5-6-8-19(16)38-12-20(33)32-29-11-15-9-17(27)24(18(28)10-15)39-13-21(34)36-3/h5-11,23H,4,12-13H2,1-3H3,(H,32,33)(H2,30,31,40)/t23-/m0/s1. The van der Waals surface area contributed by atoms with Gasteiger partial charge in [-0.05, 0) is 65.8 Å². The van der Waals surface area contributed by atoms with Crippen LogP contribution in [0.5, 0.6) is 11.5 Å². The molecule has 0 unspecified atom stereocenters. The molecule has 1 amide bonds. The average Bonchev–Trinajstić information content (AvgIpc) is 2.91. The summed E-state index contributed by atoms with van der Waals surface area (Å²) in [5.41, 5.74) is 4.44. The van der Waals surface area contributed by atoms with E-state index in [-0.39, 0.29) is 30.6 Å². The lowest BCUT2D eigenvalue weighted by molar-refractivity contribution is -0.143. The van der Waals surface area contributed by atoms with Crippen LogP contribution in [0, 0.1) is 0 Å². The summed E-state index contributed by atoms with van der Waals surface area (Å²) in [4.78, 5) is 36.4. The van der Waals surface area contributed by atoms with Crippen LogP contribution in [0.4, 0.5) is 0 Å². The van der Waals surface area contributed by atoms with Crippen LogP contribution in [0.2, 0.25) is 5.02 Å². The molecular formula is C26H26BrClN4O7S. The van der Waals surface area contributed by atoms with E-state index in [1.54, 1.807) is 50.2 Å². The van der Waals surface area contributed by atoms with Gasteiger partial charge >= 0.3 is 11.9 Å². The Kier molecular flexibility index (Phi) is 11.3. The third-order valence-electron chi connectivity index (χ3n) is 5.34. The lowest BCUT2D eigenvalue weighted by Crippen LogP contribution is -2.45. The van der Waals surface area contributed by atoms with E-state index in [1.165, 1.54) is 13.3 Å². The highest BCUT2D eigenvalue weighted by Gasteiger charge is 2.32. The third kappa shape index (κ3) is 8.16. The zero-order valence-corrected chi connectivity index (χ0v) is 24.9. The quantitative estimate of drug-likeness (QED) is 0.143. The van der Waals surface area contributed by atoms with E-state index in [0.717, 1.165) is 0 Å². The maximum atomic E-state index is 12.7. The number of carbonyl (C=O) groups is 3. The zero-order valence-electron chi connectivity index (χ0n) is 21.7. The number of carbonyl (C=O) groups excluding carboxylic acids is 3. The minimum absolute atomic E-state index is 0.210. The average molecular weight is 654 g/mol. The summed E-state index contributed by atoms with van der Waals surface area (Å²) in [5, 5.41) is 10.5. The minimum Gasteiger partial charge on any atom is -0.483 e. The van der Waals surface area contributed by atoms with Crippen LogP contribution in [0.15, 0.2) is 57.2 Å². The molecule has 0 spiro atoms. The highest BCUT2D eigenvalue weighted by atomic mass is 79.9. The van der Waals surface area contributed by atoms with Crippen molar-refractivity contribution in [3.63, 3.8) is 0 Å². The van der Waals surface area contributed by atoms with Crippen molar-refractivity contribution >= 4 is 68.9 Å². The Hall–Kier alpha value is -3.68. The summed E-state index contributed by atoms with van der Waals surface area (Å²) in [7, 11) is 1.25. The van der Waals surface area contributed by atoms with Gasteiger partial charge in [-0.15, -0.1) is 0 Å². The fraction of sp³-hybridized carbons (Fsp3) is 0.269. The van der Waals surface area contributed by atoms with Gasteiger partial charge in [0, 0.05) is 11.3 Å². The first kappa shape index (κ1) is 30.9. The molecular weight excluding hydrogens is 628 g/mol. The van der Waals surface area contributed by atoms with Gasteiger partial charge < -0.3 is 29.6 Å². The molecule has 0 saturated carbocycles. The number of hydrogen-bond acceptors (Lipinski definition) is 9. The SMILES string of the molecule is CCOC(=O)C1=C(C)NC(=S)N[C@H]1c1ccccc1OCC(=O)NN=Cc1cc(Cl)c(OCC(=O)OC)c(Br)c1. The normalized spacial score (nSPS) is 14.7. The molecule has 0 aliphatic carbocycles. The van der Waals surface area contributed by atoms with Gasteiger partial charge in [-0.25, -0.2) is 15.0 Å². The van der Waals surface area contributed by atoms with E-state index < -0.39 is 23.9 Å². The molecule has 3 rings (SSSR count). The number of allylic oxidation sites excluding steroid dienone is 1. The molecule has 1 aliphatic heterocycles. The van der Waals surface area contributed by atoms with Crippen LogP contribution in [-0.4, -0.2) is 56.1 Å². The molecule has 2 aromatic carbocycles. The summed E-state index contributed by atoms with van der Waals surface area (Å²) in [6.07, 6.45) is 1.38. The highest BCUT2D eigenvalue weighted by molar-refractivity contribution is 9.10. The molecule has 212 valence electrons. The highest BCUT2D eigenvalue weighted by Crippen LogP contribution is 2.35. The number of amides is 1. The van der Waals surface area contributed by atoms with Gasteiger partial charge in [-0.1, -0.05) is 29.8 Å². The predicted molar refractivity (Wildman–Crippen MR) is 155 cm³/mol. The fourth-order valence-electron chi connectivity index (χ4n) is 3.59. The van der Waals surface area contributed by atoms with Crippen molar-refractivity contribution < 1.29 is 33.3 Å². The maximum Gasteiger partial charge on any atom is 0.343 e. The van der Waals surface area contributed by atoms with Gasteiger partial charge in [0.1, 0.15) is 5.75 Å². The van der Waals surface area contributed by atoms with Crippen LogP contribution in [0.1, 0.15) is 31.0 Å². The second kappa shape index (κ2) is 14.6. The van der Waals surface area contributed by atoms with Crippen LogP contribution in [0.3, 0.4) is 0 Å². The maximum absolute atomic E-state index is 12.7. The van der Waals surface area contributed by atoms with Crippen LogP contribution in [0.25, 0.3) is 0 Å². The smallest absolute Gasteiger partial charge is 0.343 e. The van der Waals surface area contributed by atoms with Gasteiger partial charge in [-0.3, -0.25) is 4.79 Å². The number of methoxy groups -OCH3 is 1. The molecule has 40 heavy (non-hydrogen) atoms. The fourth-order valence-corrected chi connectivity index (χ4v) is 4.85. The van der Waals surface area contributed by atoms with Crippen molar-refractivity contribution in [1.82, 2.24) is 16.1 Å². The van der Waals surface area contributed by atoms with E-state index in [0.29, 0.717) is 37.7 Å². The van der Waals surface area contributed by atoms with E-state index >= 15 is 0 Å². The molecule has 1 aliphatic rings. The van der Waals surface area contributed by atoms with E-state index in [1.807, 2.05) is 0 Å². The summed E-state index contributed by atoms with van der Waals surface area (Å²) in [6.45, 7) is 3.01. The molecule has 14 heteroatoms. The number of nitrogens with zero attached hydrogens (tertiary/aromatic N) is 1. The number of halogens is 2. The Labute approximate surface area is 249 Å². The molecule has 11 nitrogen and oxygen atoms in total. The van der Waals surface area contributed by atoms with Gasteiger partial charge in [0.05, 0.1) is 41.0 Å². The number of ether oxygens (including phenoxy) is 4. The predicted octanol–water partition coefficient (Wildman–Crippen LogP) is 3.54. The van der Waals surface area contributed by atoms with E-state index in [2.05, 4.69) is 41.8 Å². The Morgan fingerprint density at radius 2 is 1.95 bits per heavy atom. The van der Waals surface area contributed by atoms with Crippen molar-refractivity contribution in [3.8, 4) is 11.5 Å². The van der Waals surface area contributed by atoms with Gasteiger partial charge in [0.2, 0.25) is 0 Å². The first-order valence-corrected chi connectivity index (χ1v) is 13.4. The number of esters is 2. The number of benzene rings is 2. The first-order valence-electron chi connectivity index (χ1n) is 11.8. The second-order valence-corrected chi connectivity index (χ2v) is 9.76. The molecule has 0 saturated heterocycles. The van der Waals surface area contributed by atoms with Crippen LogP contribution >= 0.6 is 39.7 Å². The molecule has 0 bridgehead atoms. The number of nitrogens with one attached hydrogen (secondary N) is 3. The number of rotatable bonds is 11. The van der Waals surface area contributed by atoms with Gasteiger partial charge in [0.15, 0.2) is 24.1 Å². The van der Waals surface area contributed by atoms with Crippen LogP contribution in [-0.2, 0) is 23.9 Å². The Bertz CT molecular complexity index is 1350. The summed E-state index contributed by atoms with van der Waals surface area (Å²) in [6, 6.07) is 9.53. The summed E-state index contributed by atoms with van der Waals surface area (Å²) >= 11 is 14.9.